The van der Waals surface area contributed by atoms with Crippen molar-refractivity contribution in [3.8, 4) is 17.9 Å². The molecule has 0 saturated heterocycles. The Labute approximate surface area is 106 Å². The summed E-state index contributed by atoms with van der Waals surface area (Å²) in [5.41, 5.74) is 2.44. The van der Waals surface area contributed by atoms with E-state index in [1.807, 2.05) is 36.4 Å². The number of rotatable bonds is 1. The van der Waals surface area contributed by atoms with E-state index < -0.39 is 0 Å². The molecule has 2 aromatic rings. The van der Waals surface area contributed by atoms with E-state index in [4.69, 9.17) is 5.26 Å². The Bertz CT molecular complexity index is 670. The fourth-order valence-electron chi connectivity index (χ4n) is 1.50. The molecule has 0 aliphatic carbocycles. The van der Waals surface area contributed by atoms with Gasteiger partial charge >= 0.3 is 0 Å². The van der Waals surface area contributed by atoms with Crippen molar-refractivity contribution in [3.05, 3.63) is 70.8 Å². The molecule has 2 heteroatoms. The Morgan fingerprint density at radius 2 is 1.72 bits per heavy atom. The van der Waals surface area contributed by atoms with Crippen LogP contribution in [0.25, 0.3) is 0 Å². The fourth-order valence-corrected chi connectivity index (χ4v) is 1.50. The molecule has 0 heterocycles. The largest absolute Gasteiger partial charge is 0.298 e. The zero-order valence-corrected chi connectivity index (χ0v) is 9.55. The Hall–Kier alpha value is -2.84. The first-order valence-corrected chi connectivity index (χ1v) is 5.40. The summed E-state index contributed by atoms with van der Waals surface area (Å²) in [6.45, 7) is 0. The van der Waals surface area contributed by atoms with Crippen molar-refractivity contribution in [3.63, 3.8) is 0 Å². The summed E-state index contributed by atoms with van der Waals surface area (Å²) in [5, 5.41) is 8.82. The molecule has 18 heavy (non-hydrogen) atoms. The molecule has 2 nitrogen and oxygen atoms in total. The standard InChI is InChI=1S/C16H9NO/c17-11-14-7-9-16(12-18)15(10-14)8-6-13-4-2-1-3-5-13/h1-5,7,9-10,12H. The third-order valence-corrected chi connectivity index (χ3v) is 2.42. The third-order valence-electron chi connectivity index (χ3n) is 2.42. The van der Waals surface area contributed by atoms with Crippen LogP contribution in [0.1, 0.15) is 27.0 Å². The molecular formula is C16H9NO. The maximum atomic E-state index is 10.9. The van der Waals surface area contributed by atoms with E-state index >= 15 is 0 Å². The lowest BCUT2D eigenvalue weighted by Crippen LogP contribution is -1.88. The second-order valence-electron chi connectivity index (χ2n) is 3.65. The Balaban J connectivity index is 2.43. The summed E-state index contributed by atoms with van der Waals surface area (Å²) >= 11 is 0. The average Bonchev–Trinajstić information content (AvgIpc) is 2.45. The molecule has 0 N–H and O–H groups in total. The summed E-state index contributed by atoms with van der Waals surface area (Å²) in [5.74, 6) is 5.89. The van der Waals surface area contributed by atoms with E-state index in [1.54, 1.807) is 18.2 Å². The fraction of sp³-hybridized carbons (Fsp3) is 0. The topological polar surface area (TPSA) is 40.9 Å². The highest BCUT2D eigenvalue weighted by Crippen LogP contribution is 2.09. The van der Waals surface area contributed by atoms with Crippen LogP contribution in [0.3, 0.4) is 0 Å². The number of hydrogen-bond donors (Lipinski definition) is 0. The highest BCUT2D eigenvalue weighted by molar-refractivity contribution is 5.80. The van der Waals surface area contributed by atoms with Gasteiger partial charge in [-0.1, -0.05) is 30.0 Å². The zero-order valence-electron chi connectivity index (χ0n) is 9.55. The van der Waals surface area contributed by atoms with E-state index in [2.05, 4.69) is 11.8 Å². The highest BCUT2D eigenvalue weighted by Gasteiger charge is 2.00. The van der Waals surface area contributed by atoms with Crippen LogP contribution < -0.4 is 0 Å². The first-order valence-electron chi connectivity index (χ1n) is 5.40. The van der Waals surface area contributed by atoms with Crippen molar-refractivity contribution in [2.45, 2.75) is 0 Å². The Morgan fingerprint density at radius 3 is 2.39 bits per heavy atom. The molecule has 0 saturated carbocycles. The second kappa shape index (κ2) is 5.48. The van der Waals surface area contributed by atoms with Gasteiger partial charge in [-0.15, -0.1) is 0 Å². The average molecular weight is 231 g/mol. The summed E-state index contributed by atoms with van der Waals surface area (Å²) in [6.07, 6.45) is 0.746. The van der Waals surface area contributed by atoms with E-state index in [9.17, 15) is 4.79 Å². The zero-order chi connectivity index (χ0) is 12.8. The number of aldehydes is 1. The van der Waals surface area contributed by atoms with Crippen molar-refractivity contribution >= 4 is 6.29 Å². The number of carbonyl (C=O) groups excluding carboxylic acids is 1. The van der Waals surface area contributed by atoms with Gasteiger partial charge in [-0.3, -0.25) is 4.79 Å². The lowest BCUT2D eigenvalue weighted by atomic mass is 10.1. The monoisotopic (exact) mass is 231 g/mol. The molecule has 0 bridgehead atoms. The van der Waals surface area contributed by atoms with Crippen LogP contribution in [0.4, 0.5) is 0 Å². The normalized spacial score (nSPS) is 8.83. The molecule has 0 radical (unpaired) electrons. The van der Waals surface area contributed by atoms with Crippen LogP contribution in [0.15, 0.2) is 48.5 Å². The van der Waals surface area contributed by atoms with Gasteiger partial charge in [-0.25, -0.2) is 0 Å². The van der Waals surface area contributed by atoms with Gasteiger partial charge in [0.25, 0.3) is 0 Å². The minimum Gasteiger partial charge on any atom is -0.298 e. The number of benzene rings is 2. The summed E-state index contributed by atoms with van der Waals surface area (Å²) in [4.78, 5) is 10.9. The number of nitriles is 1. The SMILES string of the molecule is N#Cc1ccc(C=O)c(C#Cc2ccccc2)c1. The highest BCUT2D eigenvalue weighted by atomic mass is 16.1. The van der Waals surface area contributed by atoms with E-state index in [1.165, 1.54) is 0 Å². The van der Waals surface area contributed by atoms with Crippen molar-refractivity contribution < 1.29 is 4.79 Å². The molecule has 0 fully saturated rings. The summed E-state index contributed by atoms with van der Waals surface area (Å²) in [6, 6.07) is 16.4. The Morgan fingerprint density at radius 1 is 0.944 bits per heavy atom. The van der Waals surface area contributed by atoms with Gasteiger partial charge in [0.15, 0.2) is 6.29 Å². The Kier molecular flexibility index (Phi) is 3.54. The van der Waals surface area contributed by atoms with E-state index in [0.29, 0.717) is 16.7 Å². The van der Waals surface area contributed by atoms with Crippen molar-refractivity contribution in [1.29, 1.82) is 5.26 Å². The van der Waals surface area contributed by atoms with Gasteiger partial charge in [0.2, 0.25) is 0 Å². The van der Waals surface area contributed by atoms with Crippen molar-refractivity contribution in [2.24, 2.45) is 0 Å². The first-order chi connectivity index (χ1) is 8.83. The third kappa shape index (κ3) is 2.64. The molecule has 0 atom stereocenters. The molecular weight excluding hydrogens is 222 g/mol. The molecule has 0 unspecified atom stereocenters. The lowest BCUT2D eigenvalue weighted by molar-refractivity contribution is 0.112. The second-order valence-corrected chi connectivity index (χ2v) is 3.65. The van der Waals surface area contributed by atoms with Gasteiger partial charge in [0.05, 0.1) is 11.6 Å². The first kappa shape index (κ1) is 11.6. The predicted octanol–water partition coefficient (Wildman–Crippen LogP) is 2.77. The summed E-state index contributed by atoms with van der Waals surface area (Å²) < 4.78 is 0. The maximum Gasteiger partial charge on any atom is 0.151 e. The molecule has 84 valence electrons. The van der Waals surface area contributed by atoms with E-state index in [-0.39, 0.29) is 0 Å². The smallest absolute Gasteiger partial charge is 0.151 e. The van der Waals surface area contributed by atoms with Gasteiger partial charge in [-0.05, 0) is 30.3 Å². The van der Waals surface area contributed by atoms with Crippen molar-refractivity contribution in [1.82, 2.24) is 0 Å². The van der Waals surface area contributed by atoms with Crippen LogP contribution in [-0.4, -0.2) is 6.29 Å². The molecule has 0 amide bonds. The molecule has 2 aromatic carbocycles. The molecule has 0 aliphatic rings. The quantitative estimate of drug-likeness (QED) is 0.559. The van der Waals surface area contributed by atoms with E-state index in [0.717, 1.165) is 11.8 Å². The van der Waals surface area contributed by atoms with Crippen LogP contribution in [-0.2, 0) is 0 Å². The molecule has 0 spiro atoms. The van der Waals surface area contributed by atoms with Gasteiger partial charge in [0, 0.05) is 16.7 Å². The minimum atomic E-state index is 0.498. The molecule has 0 aromatic heterocycles. The van der Waals surface area contributed by atoms with Gasteiger partial charge < -0.3 is 0 Å². The predicted molar refractivity (Wildman–Crippen MR) is 69.0 cm³/mol. The number of nitrogens with zero attached hydrogens (tertiary/aromatic N) is 1. The summed E-state index contributed by atoms with van der Waals surface area (Å²) in [7, 11) is 0. The van der Waals surface area contributed by atoms with Crippen LogP contribution in [0.2, 0.25) is 0 Å². The van der Waals surface area contributed by atoms with Crippen LogP contribution in [0.5, 0.6) is 0 Å². The molecule has 0 aliphatic heterocycles. The van der Waals surface area contributed by atoms with Gasteiger partial charge in [-0.2, -0.15) is 5.26 Å². The van der Waals surface area contributed by atoms with Crippen molar-refractivity contribution in [2.75, 3.05) is 0 Å². The molecule has 2 rings (SSSR count). The van der Waals surface area contributed by atoms with Gasteiger partial charge in [0.1, 0.15) is 0 Å². The number of hydrogen-bond acceptors (Lipinski definition) is 2. The lowest BCUT2D eigenvalue weighted by Gasteiger charge is -1.96. The number of carbonyl (C=O) groups is 1. The van der Waals surface area contributed by atoms with Crippen LogP contribution >= 0.6 is 0 Å². The maximum absolute atomic E-state index is 10.9. The minimum absolute atomic E-state index is 0.498. The van der Waals surface area contributed by atoms with Crippen LogP contribution in [0, 0.1) is 23.2 Å².